The Hall–Kier alpha value is -3.49. The Balaban J connectivity index is 1.80. The normalized spacial score (nSPS) is 16.1. The van der Waals surface area contributed by atoms with Crippen LogP contribution >= 0.6 is 23.4 Å². The van der Waals surface area contributed by atoms with Crippen LogP contribution in [0.5, 0.6) is 17.2 Å². The van der Waals surface area contributed by atoms with Gasteiger partial charge in [0.05, 0.1) is 35.5 Å². The van der Waals surface area contributed by atoms with Crippen molar-refractivity contribution >= 4 is 51.9 Å². The van der Waals surface area contributed by atoms with Gasteiger partial charge in [-0.3, -0.25) is 14.7 Å². The molecule has 1 amide bonds. The van der Waals surface area contributed by atoms with Gasteiger partial charge in [-0.15, -0.1) is 0 Å². The number of hydrogen-bond acceptors (Lipinski definition) is 7. The first-order chi connectivity index (χ1) is 15.5. The number of aromatic nitrogens is 1. The Kier molecular flexibility index (Phi) is 6.34. The number of methoxy groups -OCH3 is 2. The van der Waals surface area contributed by atoms with Gasteiger partial charge < -0.3 is 14.6 Å². The number of carbonyl (C=O) groups excluding carboxylic acids is 1. The van der Waals surface area contributed by atoms with Gasteiger partial charge in [-0.2, -0.15) is 0 Å². The molecule has 1 aliphatic heterocycles. The van der Waals surface area contributed by atoms with Crippen LogP contribution in [-0.4, -0.2) is 35.4 Å². The molecule has 1 N–H and O–H groups in total. The summed E-state index contributed by atoms with van der Waals surface area (Å²) in [5.41, 5.74) is 1.81. The molecule has 0 bridgehead atoms. The van der Waals surface area contributed by atoms with Gasteiger partial charge in [0.1, 0.15) is 0 Å². The summed E-state index contributed by atoms with van der Waals surface area (Å²) in [5, 5.41) is 11.0. The molecule has 4 rings (SSSR count). The molecule has 3 aromatic rings. The van der Waals surface area contributed by atoms with Crippen molar-refractivity contribution in [1.82, 2.24) is 4.98 Å². The molecule has 0 unspecified atom stereocenters. The van der Waals surface area contributed by atoms with Gasteiger partial charge in [0.15, 0.2) is 16.7 Å². The Bertz CT molecular complexity index is 1210. The first-order valence-corrected chi connectivity index (χ1v) is 10.6. The molecule has 1 aromatic heterocycles. The highest BCUT2D eigenvalue weighted by Crippen LogP contribution is 2.41. The number of para-hydroxylation sites is 1. The number of aliphatic imine (C=N–C) groups is 1. The van der Waals surface area contributed by atoms with Crippen molar-refractivity contribution in [2.75, 3.05) is 19.1 Å². The van der Waals surface area contributed by atoms with E-state index >= 15 is 0 Å². The second-order valence-electron chi connectivity index (χ2n) is 6.58. The van der Waals surface area contributed by atoms with E-state index in [-0.39, 0.29) is 23.2 Å². The Morgan fingerprint density at radius 1 is 1.12 bits per heavy atom. The molecule has 0 atom stereocenters. The predicted octanol–water partition coefficient (Wildman–Crippen LogP) is 5.27. The second-order valence-corrected chi connectivity index (χ2v) is 8.00. The molecule has 2 heterocycles. The van der Waals surface area contributed by atoms with Crippen LogP contribution in [0.15, 0.2) is 70.8 Å². The lowest BCUT2D eigenvalue weighted by molar-refractivity contribution is -0.113. The van der Waals surface area contributed by atoms with Gasteiger partial charge in [0, 0.05) is 12.4 Å². The van der Waals surface area contributed by atoms with E-state index in [0.29, 0.717) is 32.0 Å². The van der Waals surface area contributed by atoms with Crippen molar-refractivity contribution in [3.05, 3.63) is 76.4 Å². The third-order valence-electron chi connectivity index (χ3n) is 4.59. The van der Waals surface area contributed by atoms with Crippen LogP contribution in [0.1, 0.15) is 5.56 Å². The quantitative estimate of drug-likeness (QED) is 0.515. The number of phenols is 1. The van der Waals surface area contributed by atoms with Gasteiger partial charge in [0.25, 0.3) is 5.91 Å². The number of nitrogens with zero attached hydrogens (tertiary/aromatic N) is 3. The molecule has 1 fully saturated rings. The molecule has 1 saturated heterocycles. The molecule has 0 aliphatic carbocycles. The number of amidine groups is 1. The Labute approximate surface area is 194 Å². The Morgan fingerprint density at radius 2 is 1.81 bits per heavy atom. The largest absolute Gasteiger partial charge is 0.502 e. The summed E-state index contributed by atoms with van der Waals surface area (Å²) in [5.74, 6) is 0.132. The smallest absolute Gasteiger partial charge is 0.271 e. The monoisotopic (exact) mass is 467 g/mol. The topological polar surface area (TPSA) is 84.3 Å². The minimum atomic E-state index is -0.240. The number of halogens is 1. The van der Waals surface area contributed by atoms with E-state index < -0.39 is 0 Å². The summed E-state index contributed by atoms with van der Waals surface area (Å²) in [6, 6.07) is 14.2. The Morgan fingerprint density at radius 3 is 2.44 bits per heavy atom. The van der Waals surface area contributed by atoms with Crippen molar-refractivity contribution in [2.45, 2.75) is 0 Å². The van der Waals surface area contributed by atoms with Crippen molar-refractivity contribution in [3.63, 3.8) is 0 Å². The van der Waals surface area contributed by atoms with Gasteiger partial charge in [-0.25, -0.2) is 4.99 Å². The van der Waals surface area contributed by atoms with Crippen LogP contribution in [0.25, 0.3) is 6.08 Å². The first kappa shape index (κ1) is 21.7. The van der Waals surface area contributed by atoms with Gasteiger partial charge in [-0.05, 0) is 53.7 Å². The van der Waals surface area contributed by atoms with E-state index in [2.05, 4.69) is 9.98 Å². The fraction of sp³-hybridized carbons (Fsp3) is 0.0870. The number of phenolic OH excluding ortho intramolecular Hbond substituents is 1. The predicted molar refractivity (Wildman–Crippen MR) is 127 cm³/mol. The van der Waals surface area contributed by atoms with Crippen LogP contribution in [0, 0.1) is 0 Å². The molecule has 2 aromatic carbocycles. The van der Waals surface area contributed by atoms with Crippen molar-refractivity contribution < 1.29 is 19.4 Å². The fourth-order valence-electron chi connectivity index (χ4n) is 3.06. The first-order valence-electron chi connectivity index (χ1n) is 9.44. The molecular weight excluding hydrogens is 450 g/mol. The highest BCUT2D eigenvalue weighted by molar-refractivity contribution is 8.19. The second kappa shape index (κ2) is 9.33. The summed E-state index contributed by atoms with van der Waals surface area (Å²) in [4.78, 5) is 23.9. The molecule has 9 heteroatoms. The van der Waals surface area contributed by atoms with E-state index in [1.54, 1.807) is 30.5 Å². The number of anilines is 1. The SMILES string of the molecule is COc1cc(/C=C2\SC(=Nc3ccncc3Cl)N(c3ccccc3)C2=O)cc(OC)c1O. The van der Waals surface area contributed by atoms with Crippen LogP contribution in [0.4, 0.5) is 11.4 Å². The number of ether oxygens (including phenoxy) is 2. The number of amides is 1. The number of pyridine rings is 1. The lowest BCUT2D eigenvalue weighted by Crippen LogP contribution is -2.28. The summed E-state index contributed by atoms with van der Waals surface area (Å²) in [6.07, 6.45) is 4.79. The number of carbonyl (C=O) groups is 1. The zero-order valence-electron chi connectivity index (χ0n) is 17.2. The van der Waals surface area contributed by atoms with E-state index in [1.807, 2.05) is 30.3 Å². The van der Waals surface area contributed by atoms with Gasteiger partial charge in [-0.1, -0.05) is 29.8 Å². The van der Waals surface area contributed by atoms with E-state index in [1.165, 1.54) is 37.1 Å². The van der Waals surface area contributed by atoms with E-state index in [9.17, 15) is 9.90 Å². The highest BCUT2D eigenvalue weighted by Gasteiger charge is 2.35. The molecule has 7 nitrogen and oxygen atoms in total. The third kappa shape index (κ3) is 4.28. The minimum absolute atomic E-state index is 0.108. The fourth-order valence-corrected chi connectivity index (χ4v) is 4.22. The number of hydrogen-bond donors (Lipinski definition) is 1. The summed E-state index contributed by atoms with van der Waals surface area (Å²) >= 11 is 7.45. The molecule has 0 spiro atoms. The maximum atomic E-state index is 13.4. The van der Waals surface area contributed by atoms with Crippen molar-refractivity contribution in [3.8, 4) is 17.2 Å². The maximum Gasteiger partial charge on any atom is 0.271 e. The third-order valence-corrected chi connectivity index (χ3v) is 5.85. The zero-order chi connectivity index (χ0) is 22.7. The molecule has 0 radical (unpaired) electrons. The van der Waals surface area contributed by atoms with Crippen LogP contribution in [-0.2, 0) is 4.79 Å². The molecule has 0 saturated carbocycles. The number of rotatable bonds is 5. The summed E-state index contributed by atoms with van der Waals surface area (Å²) in [7, 11) is 2.89. The van der Waals surface area contributed by atoms with Gasteiger partial charge >= 0.3 is 0 Å². The van der Waals surface area contributed by atoms with Gasteiger partial charge in [0.2, 0.25) is 5.75 Å². The molecule has 1 aliphatic rings. The average Bonchev–Trinajstić information content (AvgIpc) is 3.11. The standard InChI is InChI=1S/C23H18ClN3O4S/c1-30-18-10-14(11-19(31-2)21(18)28)12-20-22(29)27(15-6-4-3-5-7-15)23(32-20)26-17-8-9-25-13-16(17)24/h3-13,28H,1-2H3/b20-12-,26-23?. The lowest BCUT2D eigenvalue weighted by Gasteiger charge is -2.15. The molecular formula is C23H18ClN3O4S. The number of benzene rings is 2. The number of aromatic hydroxyl groups is 1. The number of thioether (sulfide) groups is 1. The minimum Gasteiger partial charge on any atom is -0.502 e. The highest BCUT2D eigenvalue weighted by atomic mass is 35.5. The van der Waals surface area contributed by atoms with Crippen LogP contribution in [0.2, 0.25) is 5.02 Å². The summed E-state index contributed by atoms with van der Waals surface area (Å²) in [6.45, 7) is 0. The van der Waals surface area contributed by atoms with Crippen LogP contribution < -0.4 is 14.4 Å². The molecule has 32 heavy (non-hydrogen) atoms. The van der Waals surface area contributed by atoms with Crippen molar-refractivity contribution in [1.29, 1.82) is 0 Å². The van der Waals surface area contributed by atoms with Crippen LogP contribution in [0.3, 0.4) is 0 Å². The zero-order valence-corrected chi connectivity index (χ0v) is 18.7. The van der Waals surface area contributed by atoms with Crippen molar-refractivity contribution in [2.24, 2.45) is 4.99 Å². The maximum absolute atomic E-state index is 13.4. The van der Waals surface area contributed by atoms with E-state index in [0.717, 1.165) is 0 Å². The molecule has 162 valence electrons. The lowest BCUT2D eigenvalue weighted by atomic mass is 10.1. The van der Waals surface area contributed by atoms with E-state index in [4.69, 9.17) is 21.1 Å². The average molecular weight is 468 g/mol. The summed E-state index contributed by atoms with van der Waals surface area (Å²) < 4.78 is 10.4.